The van der Waals surface area contributed by atoms with Crippen LogP contribution in [0.2, 0.25) is 0 Å². The minimum atomic E-state index is 0.266. The molecule has 1 heterocycles. The minimum Gasteiger partial charge on any atom is -0.268 e. The van der Waals surface area contributed by atoms with Crippen molar-refractivity contribution in [3.05, 3.63) is 15.9 Å². The van der Waals surface area contributed by atoms with Crippen molar-refractivity contribution in [1.29, 1.82) is 0 Å². The molecule has 0 N–H and O–H groups in total. The molecular weight excluding hydrogens is 300 g/mol. The zero-order chi connectivity index (χ0) is 13.0. The first-order valence-electron chi connectivity index (χ1n) is 6.31. The minimum absolute atomic E-state index is 0.266. The molecule has 1 rings (SSSR count). The molecule has 0 aromatic carbocycles. The van der Waals surface area contributed by atoms with Crippen LogP contribution in [-0.2, 0) is 13.0 Å². The molecule has 1 aromatic rings. The quantitative estimate of drug-likeness (QED) is 0.702. The zero-order valence-electron chi connectivity index (χ0n) is 11.1. The summed E-state index contributed by atoms with van der Waals surface area (Å²) in [7, 11) is 0. The molecule has 0 amide bonds. The van der Waals surface area contributed by atoms with Gasteiger partial charge in [0.25, 0.3) is 0 Å². The van der Waals surface area contributed by atoms with Gasteiger partial charge in [0.15, 0.2) is 0 Å². The van der Waals surface area contributed by atoms with E-state index in [1.54, 1.807) is 0 Å². The number of aryl methyl sites for hydroxylation is 2. The van der Waals surface area contributed by atoms with Gasteiger partial charge in [-0.15, -0.1) is 11.6 Å². The second-order valence-corrected chi connectivity index (χ2v) is 6.34. The molecule has 98 valence electrons. The lowest BCUT2D eigenvalue weighted by Gasteiger charge is -2.12. The van der Waals surface area contributed by atoms with Crippen molar-refractivity contribution in [1.82, 2.24) is 9.78 Å². The summed E-state index contributed by atoms with van der Waals surface area (Å²) >= 11 is 9.95. The number of rotatable bonds is 6. The van der Waals surface area contributed by atoms with E-state index in [9.17, 15) is 0 Å². The molecule has 0 bridgehead atoms. The van der Waals surface area contributed by atoms with Crippen LogP contribution in [0.15, 0.2) is 4.47 Å². The Labute approximate surface area is 118 Å². The Morgan fingerprint density at radius 2 is 2.06 bits per heavy atom. The van der Waals surface area contributed by atoms with Crippen molar-refractivity contribution in [2.75, 3.05) is 0 Å². The summed E-state index contributed by atoms with van der Waals surface area (Å²) in [6.45, 7) is 9.50. The van der Waals surface area contributed by atoms with E-state index in [1.165, 1.54) is 5.69 Å². The Morgan fingerprint density at radius 1 is 1.41 bits per heavy atom. The Hall–Kier alpha value is -0.0200. The van der Waals surface area contributed by atoms with Gasteiger partial charge >= 0.3 is 0 Å². The average Bonchev–Trinajstić information content (AvgIpc) is 2.51. The maximum atomic E-state index is 6.34. The Bertz CT molecular complexity index is 361. The molecule has 0 aliphatic carbocycles. The summed E-state index contributed by atoms with van der Waals surface area (Å²) in [6.07, 6.45) is 3.10. The van der Waals surface area contributed by atoms with Crippen molar-refractivity contribution in [3.63, 3.8) is 0 Å². The highest BCUT2D eigenvalue weighted by atomic mass is 79.9. The topological polar surface area (TPSA) is 17.8 Å². The van der Waals surface area contributed by atoms with Gasteiger partial charge in [-0.2, -0.15) is 5.10 Å². The molecule has 0 saturated carbocycles. The van der Waals surface area contributed by atoms with Crippen LogP contribution >= 0.6 is 27.5 Å². The molecule has 0 aliphatic heterocycles. The Balaban J connectivity index is 2.62. The van der Waals surface area contributed by atoms with Crippen molar-refractivity contribution in [3.8, 4) is 0 Å². The van der Waals surface area contributed by atoms with Crippen molar-refractivity contribution >= 4 is 27.5 Å². The van der Waals surface area contributed by atoms with Crippen molar-refractivity contribution in [2.45, 2.75) is 58.9 Å². The fourth-order valence-corrected chi connectivity index (χ4v) is 2.98. The fraction of sp³-hybridized carbons (Fsp3) is 0.769. The fourth-order valence-electron chi connectivity index (χ4n) is 2.03. The SMILES string of the molecule is CCn1nc(C)c(Br)c1CCC(Cl)CC(C)C. The Kier molecular flexibility index (Phi) is 6.01. The van der Waals surface area contributed by atoms with E-state index in [1.807, 2.05) is 6.92 Å². The molecule has 2 nitrogen and oxygen atoms in total. The van der Waals surface area contributed by atoms with Gasteiger partial charge in [-0.25, -0.2) is 0 Å². The smallest absolute Gasteiger partial charge is 0.0738 e. The molecule has 1 unspecified atom stereocenters. The normalized spacial score (nSPS) is 13.4. The summed E-state index contributed by atoms with van der Waals surface area (Å²) in [4.78, 5) is 0. The molecule has 1 aromatic heterocycles. The first-order valence-corrected chi connectivity index (χ1v) is 7.54. The van der Waals surface area contributed by atoms with E-state index in [2.05, 4.69) is 46.5 Å². The van der Waals surface area contributed by atoms with Gasteiger partial charge in [0.2, 0.25) is 0 Å². The second kappa shape index (κ2) is 6.79. The average molecular weight is 322 g/mol. The van der Waals surface area contributed by atoms with Crippen LogP contribution in [0.5, 0.6) is 0 Å². The summed E-state index contributed by atoms with van der Waals surface area (Å²) in [6, 6.07) is 0. The van der Waals surface area contributed by atoms with Crippen LogP contribution in [-0.4, -0.2) is 15.2 Å². The molecule has 0 aliphatic rings. The molecule has 4 heteroatoms. The number of hydrogen-bond donors (Lipinski definition) is 0. The highest BCUT2D eigenvalue weighted by Crippen LogP contribution is 2.24. The van der Waals surface area contributed by atoms with Gasteiger partial charge in [-0.3, -0.25) is 4.68 Å². The third-order valence-electron chi connectivity index (χ3n) is 2.87. The first-order chi connectivity index (χ1) is 7.95. The lowest BCUT2D eigenvalue weighted by atomic mass is 10.0. The number of halogens is 2. The second-order valence-electron chi connectivity index (χ2n) is 4.93. The standard InChI is InChI=1S/C13H22BrClN2/c1-5-17-12(13(14)10(4)16-17)7-6-11(15)8-9(2)3/h9,11H,5-8H2,1-4H3. The van der Waals surface area contributed by atoms with Crippen molar-refractivity contribution in [2.24, 2.45) is 5.92 Å². The number of aromatic nitrogens is 2. The van der Waals surface area contributed by atoms with E-state index in [0.717, 1.165) is 36.0 Å². The van der Waals surface area contributed by atoms with Gasteiger partial charge in [-0.05, 0) is 55.0 Å². The lowest BCUT2D eigenvalue weighted by molar-refractivity contribution is 0.532. The Morgan fingerprint density at radius 3 is 2.59 bits per heavy atom. The third-order valence-corrected chi connectivity index (χ3v) is 4.30. The first kappa shape index (κ1) is 15.0. The van der Waals surface area contributed by atoms with Crippen LogP contribution in [0.4, 0.5) is 0 Å². The molecule has 0 fully saturated rings. The van der Waals surface area contributed by atoms with Gasteiger partial charge in [-0.1, -0.05) is 13.8 Å². The summed E-state index contributed by atoms with van der Waals surface area (Å²) in [5.74, 6) is 0.666. The lowest BCUT2D eigenvalue weighted by Crippen LogP contribution is -2.08. The van der Waals surface area contributed by atoms with Crippen molar-refractivity contribution < 1.29 is 0 Å². The van der Waals surface area contributed by atoms with Gasteiger partial charge < -0.3 is 0 Å². The van der Waals surface area contributed by atoms with Crippen LogP contribution in [0.1, 0.15) is 45.0 Å². The maximum Gasteiger partial charge on any atom is 0.0738 e. The van der Waals surface area contributed by atoms with Crippen LogP contribution in [0, 0.1) is 12.8 Å². The summed E-state index contributed by atoms with van der Waals surface area (Å²) in [5, 5.41) is 4.76. The predicted octanol–water partition coefficient (Wildman–Crippen LogP) is 4.56. The molecule has 0 spiro atoms. The van der Waals surface area contributed by atoms with Crippen LogP contribution in [0.3, 0.4) is 0 Å². The third kappa shape index (κ3) is 4.29. The molecule has 1 atom stereocenters. The van der Waals surface area contributed by atoms with Crippen LogP contribution in [0.25, 0.3) is 0 Å². The van der Waals surface area contributed by atoms with Gasteiger partial charge in [0.05, 0.1) is 15.9 Å². The van der Waals surface area contributed by atoms with Crippen LogP contribution < -0.4 is 0 Å². The van der Waals surface area contributed by atoms with E-state index >= 15 is 0 Å². The number of alkyl halides is 1. The number of nitrogens with zero attached hydrogens (tertiary/aromatic N) is 2. The van der Waals surface area contributed by atoms with Gasteiger partial charge in [0.1, 0.15) is 0 Å². The predicted molar refractivity (Wildman–Crippen MR) is 77.8 cm³/mol. The van der Waals surface area contributed by atoms with E-state index in [-0.39, 0.29) is 5.38 Å². The highest BCUT2D eigenvalue weighted by Gasteiger charge is 2.14. The highest BCUT2D eigenvalue weighted by molar-refractivity contribution is 9.10. The largest absolute Gasteiger partial charge is 0.268 e. The van der Waals surface area contributed by atoms with E-state index < -0.39 is 0 Å². The summed E-state index contributed by atoms with van der Waals surface area (Å²) < 4.78 is 3.21. The molecule has 0 saturated heterocycles. The molecule has 0 radical (unpaired) electrons. The summed E-state index contributed by atoms with van der Waals surface area (Å²) in [5.41, 5.74) is 2.34. The molecular formula is C13H22BrClN2. The monoisotopic (exact) mass is 320 g/mol. The molecule has 17 heavy (non-hydrogen) atoms. The zero-order valence-corrected chi connectivity index (χ0v) is 13.5. The van der Waals surface area contributed by atoms with E-state index in [0.29, 0.717) is 5.92 Å². The maximum absolute atomic E-state index is 6.34. The van der Waals surface area contributed by atoms with E-state index in [4.69, 9.17) is 11.6 Å². The van der Waals surface area contributed by atoms with Gasteiger partial charge in [0, 0.05) is 11.9 Å². The number of hydrogen-bond acceptors (Lipinski definition) is 1.